The minimum Gasteiger partial charge on any atom is -0.379 e. The molecule has 1 heteroatoms. The summed E-state index contributed by atoms with van der Waals surface area (Å²) in [5.41, 5.74) is 0.0933. The van der Waals surface area contributed by atoms with E-state index in [-0.39, 0.29) is 5.60 Å². The number of unbranched alkanes of at least 4 members (excludes halogenated alkanes) is 1. The minimum absolute atomic E-state index is 0.0933. The Kier molecular flexibility index (Phi) is 3.87. The molecule has 0 amide bonds. The zero-order chi connectivity index (χ0) is 7.33. The van der Waals surface area contributed by atoms with Crippen LogP contribution in [0, 0.1) is 0 Å². The third kappa shape index (κ3) is 4.46. The fraction of sp³-hybridized carbons (Fsp3) is 1.00. The molecule has 1 nitrogen and oxygen atoms in total. The molecule has 0 bridgehead atoms. The van der Waals surface area contributed by atoms with Gasteiger partial charge in [0, 0.05) is 7.11 Å². The summed E-state index contributed by atoms with van der Waals surface area (Å²) in [7, 11) is 1.77. The monoisotopic (exact) mass is 130 g/mol. The molecule has 0 aromatic rings. The second-order valence-electron chi connectivity index (χ2n) is 3.07. The van der Waals surface area contributed by atoms with Crippen molar-refractivity contribution < 1.29 is 4.74 Å². The van der Waals surface area contributed by atoms with Gasteiger partial charge in [-0.25, -0.2) is 0 Å². The van der Waals surface area contributed by atoms with Gasteiger partial charge in [-0.15, -0.1) is 0 Å². The molecule has 9 heavy (non-hydrogen) atoms. The van der Waals surface area contributed by atoms with Crippen LogP contribution < -0.4 is 0 Å². The van der Waals surface area contributed by atoms with Crippen LogP contribution in [0.3, 0.4) is 0 Å². The molecule has 0 fully saturated rings. The van der Waals surface area contributed by atoms with Gasteiger partial charge in [0.1, 0.15) is 0 Å². The van der Waals surface area contributed by atoms with Crippen molar-refractivity contribution in [3.05, 3.63) is 0 Å². The van der Waals surface area contributed by atoms with Gasteiger partial charge in [-0.05, 0) is 20.3 Å². The maximum atomic E-state index is 5.24. The highest BCUT2D eigenvalue weighted by Gasteiger charge is 2.13. The Hall–Kier alpha value is -0.0400. The van der Waals surface area contributed by atoms with Gasteiger partial charge in [0.2, 0.25) is 0 Å². The largest absolute Gasteiger partial charge is 0.379 e. The molecule has 0 unspecified atom stereocenters. The number of methoxy groups -OCH3 is 1. The number of hydrogen-bond acceptors (Lipinski definition) is 1. The first-order valence-corrected chi connectivity index (χ1v) is 3.67. The summed E-state index contributed by atoms with van der Waals surface area (Å²) in [6.45, 7) is 6.46. The van der Waals surface area contributed by atoms with E-state index in [2.05, 4.69) is 20.8 Å². The molecule has 0 aliphatic heterocycles. The summed E-state index contributed by atoms with van der Waals surface area (Å²) < 4.78 is 5.24. The van der Waals surface area contributed by atoms with E-state index in [0.29, 0.717) is 0 Å². The molecular formula is C8H18O. The van der Waals surface area contributed by atoms with Gasteiger partial charge >= 0.3 is 0 Å². The number of hydrogen-bond donors (Lipinski definition) is 0. The van der Waals surface area contributed by atoms with Crippen LogP contribution in [0.2, 0.25) is 0 Å². The van der Waals surface area contributed by atoms with E-state index in [4.69, 9.17) is 4.74 Å². The van der Waals surface area contributed by atoms with Gasteiger partial charge in [0.25, 0.3) is 0 Å². The zero-order valence-corrected chi connectivity index (χ0v) is 7.03. The molecule has 0 heterocycles. The summed E-state index contributed by atoms with van der Waals surface area (Å²) in [5.74, 6) is 0. The van der Waals surface area contributed by atoms with Crippen molar-refractivity contribution in [2.24, 2.45) is 0 Å². The van der Waals surface area contributed by atoms with E-state index >= 15 is 0 Å². The second-order valence-corrected chi connectivity index (χ2v) is 3.07. The molecule has 0 rings (SSSR count). The summed E-state index contributed by atoms with van der Waals surface area (Å²) in [6, 6.07) is 0. The predicted molar refractivity (Wildman–Crippen MR) is 40.6 cm³/mol. The number of ether oxygens (including phenoxy) is 1. The molecule has 0 saturated heterocycles. The maximum Gasteiger partial charge on any atom is 0.0622 e. The van der Waals surface area contributed by atoms with Crippen molar-refractivity contribution in [1.82, 2.24) is 0 Å². The lowest BCUT2D eigenvalue weighted by molar-refractivity contribution is 0.0138. The Morgan fingerprint density at radius 3 is 2.22 bits per heavy atom. The Bertz CT molecular complexity index is 67.0. The van der Waals surface area contributed by atoms with Crippen LogP contribution >= 0.6 is 0 Å². The summed E-state index contributed by atoms with van der Waals surface area (Å²) in [4.78, 5) is 0. The first-order valence-electron chi connectivity index (χ1n) is 3.67. The Balaban J connectivity index is 3.33. The maximum absolute atomic E-state index is 5.24. The summed E-state index contributed by atoms with van der Waals surface area (Å²) in [6.07, 6.45) is 3.69. The molecule has 0 aliphatic rings. The van der Waals surface area contributed by atoms with Gasteiger partial charge in [-0.2, -0.15) is 0 Å². The molecule has 0 radical (unpaired) electrons. The highest BCUT2D eigenvalue weighted by molar-refractivity contribution is 4.66. The van der Waals surface area contributed by atoms with Crippen LogP contribution in [-0.2, 0) is 4.74 Å². The van der Waals surface area contributed by atoms with E-state index in [1.54, 1.807) is 7.11 Å². The van der Waals surface area contributed by atoms with Crippen LogP contribution in [0.4, 0.5) is 0 Å². The Morgan fingerprint density at radius 1 is 1.33 bits per heavy atom. The lowest BCUT2D eigenvalue weighted by Gasteiger charge is -2.21. The van der Waals surface area contributed by atoms with Crippen LogP contribution in [0.15, 0.2) is 0 Å². The van der Waals surface area contributed by atoms with Crippen LogP contribution in [0.5, 0.6) is 0 Å². The van der Waals surface area contributed by atoms with E-state index in [1.807, 2.05) is 0 Å². The van der Waals surface area contributed by atoms with Crippen molar-refractivity contribution in [1.29, 1.82) is 0 Å². The quantitative estimate of drug-likeness (QED) is 0.568. The lowest BCUT2D eigenvalue weighted by atomic mass is 10.0. The first-order chi connectivity index (χ1) is 4.12. The van der Waals surface area contributed by atoms with Crippen molar-refractivity contribution in [3.63, 3.8) is 0 Å². The lowest BCUT2D eigenvalue weighted by Crippen LogP contribution is -2.21. The van der Waals surface area contributed by atoms with Gasteiger partial charge in [0.15, 0.2) is 0 Å². The molecule has 0 N–H and O–H groups in total. The average Bonchev–Trinajstić information content (AvgIpc) is 1.84. The molecule has 0 aromatic heterocycles. The molecule has 0 atom stereocenters. The van der Waals surface area contributed by atoms with Gasteiger partial charge in [-0.3, -0.25) is 0 Å². The topological polar surface area (TPSA) is 9.23 Å². The van der Waals surface area contributed by atoms with Gasteiger partial charge in [0.05, 0.1) is 5.60 Å². The average molecular weight is 130 g/mol. The molecule has 56 valence electrons. The first kappa shape index (κ1) is 8.96. The Labute approximate surface area is 58.4 Å². The highest BCUT2D eigenvalue weighted by Crippen LogP contribution is 2.15. The molecule has 0 saturated carbocycles. The normalized spacial score (nSPS) is 12.0. The van der Waals surface area contributed by atoms with E-state index in [9.17, 15) is 0 Å². The van der Waals surface area contributed by atoms with Gasteiger partial charge in [-0.1, -0.05) is 19.8 Å². The van der Waals surface area contributed by atoms with Crippen molar-refractivity contribution in [3.8, 4) is 0 Å². The van der Waals surface area contributed by atoms with Crippen molar-refractivity contribution in [2.75, 3.05) is 7.11 Å². The Morgan fingerprint density at radius 2 is 1.89 bits per heavy atom. The molecular weight excluding hydrogens is 112 g/mol. The highest BCUT2D eigenvalue weighted by atomic mass is 16.5. The van der Waals surface area contributed by atoms with Crippen LogP contribution in [0.25, 0.3) is 0 Å². The van der Waals surface area contributed by atoms with Crippen LogP contribution in [-0.4, -0.2) is 12.7 Å². The van der Waals surface area contributed by atoms with Crippen molar-refractivity contribution in [2.45, 2.75) is 45.6 Å². The fourth-order valence-electron chi connectivity index (χ4n) is 0.705. The smallest absolute Gasteiger partial charge is 0.0622 e. The van der Waals surface area contributed by atoms with E-state index in [1.165, 1.54) is 19.3 Å². The molecule has 0 aromatic carbocycles. The standard InChI is InChI=1S/C8H18O/c1-5-6-7-8(2,3)9-4/h5-7H2,1-4H3. The SMILES string of the molecule is CCCCC(C)(C)OC. The number of rotatable bonds is 4. The third-order valence-corrected chi connectivity index (χ3v) is 1.68. The predicted octanol–water partition coefficient (Wildman–Crippen LogP) is 2.60. The molecule has 0 aliphatic carbocycles. The zero-order valence-electron chi connectivity index (χ0n) is 7.03. The van der Waals surface area contributed by atoms with Crippen LogP contribution in [0.1, 0.15) is 40.0 Å². The second kappa shape index (κ2) is 3.89. The van der Waals surface area contributed by atoms with Gasteiger partial charge < -0.3 is 4.74 Å². The summed E-state index contributed by atoms with van der Waals surface area (Å²) in [5, 5.41) is 0. The third-order valence-electron chi connectivity index (χ3n) is 1.68. The molecule has 0 spiro atoms. The minimum atomic E-state index is 0.0933. The van der Waals surface area contributed by atoms with E-state index in [0.717, 1.165) is 0 Å². The summed E-state index contributed by atoms with van der Waals surface area (Å²) >= 11 is 0. The van der Waals surface area contributed by atoms with E-state index < -0.39 is 0 Å². The fourth-order valence-corrected chi connectivity index (χ4v) is 0.705. The van der Waals surface area contributed by atoms with Crippen molar-refractivity contribution >= 4 is 0 Å².